The second kappa shape index (κ2) is 10.7. The van der Waals surface area contributed by atoms with Crippen molar-refractivity contribution in [3.63, 3.8) is 0 Å². The predicted octanol–water partition coefficient (Wildman–Crippen LogP) is 3.69. The summed E-state index contributed by atoms with van der Waals surface area (Å²) in [6, 6.07) is 2.69. The van der Waals surface area contributed by atoms with E-state index in [1.54, 1.807) is 12.4 Å². The summed E-state index contributed by atoms with van der Waals surface area (Å²) in [5.74, 6) is -4.32. The first-order chi connectivity index (χ1) is 17.4. The third kappa shape index (κ3) is 5.02. The van der Waals surface area contributed by atoms with E-state index in [1.807, 2.05) is 6.07 Å². The van der Waals surface area contributed by atoms with Gasteiger partial charge in [0.05, 0.1) is 19.4 Å². The Morgan fingerprint density at radius 3 is 2.67 bits per heavy atom. The first kappa shape index (κ1) is 25.5. The first-order valence-electron chi connectivity index (χ1n) is 10.8. The van der Waals surface area contributed by atoms with Gasteiger partial charge in [-0.1, -0.05) is 17.0 Å². The Kier molecular flexibility index (Phi) is 7.60. The number of nitrogens with zero attached hydrogens (tertiary/aromatic N) is 4. The molecular weight excluding hydrogens is 572 g/mol. The summed E-state index contributed by atoms with van der Waals surface area (Å²) >= 11 is 4.63. The number of thioether (sulfide) groups is 1. The van der Waals surface area contributed by atoms with Crippen molar-refractivity contribution in [1.29, 1.82) is 0 Å². The third-order valence-corrected chi connectivity index (χ3v) is 7.35. The Labute approximate surface area is 215 Å². The van der Waals surface area contributed by atoms with Gasteiger partial charge in [-0.15, -0.1) is 5.10 Å². The lowest BCUT2D eigenvalue weighted by Crippen LogP contribution is -2.55. The molecule has 2 aromatic heterocycles. The monoisotopic (exact) mass is 590 g/mol. The van der Waals surface area contributed by atoms with E-state index >= 15 is 0 Å². The van der Waals surface area contributed by atoms with Crippen molar-refractivity contribution >= 4 is 27.7 Å². The fourth-order valence-corrected chi connectivity index (χ4v) is 5.92. The Morgan fingerprint density at radius 2 is 1.94 bits per heavy atom. The molecule has 0 bridgehead atoms. The van der Waals surface area contributed by atoms with E-state index < -0.39 is 60.0 Å². The Balaban J connectivity index is 1.52. The molecule has 2 aliphatic heterocycles. The van der Waals surface area contributed by atoms with E-state index in [9.17, 15) is 22.7 Å². The minimum atomic E-state index is -1.59. The topological polar surface area (TPSA) is 91.5 Å². The van der Waals surface area contributed by atoms with Crippen molar-refractivity contribution in [2.45, 2.75) is 40.8 Å². The van der Waals surface area contributed by atoms with Gasteiger partial charge in [-0.2, -0.15) is 0 Å². The lowest BCUT2D eigenvalue weighted by Gasteiger charge is -2.43. The maximum Gasteiger partial charge on any atom is 0.194 e. The second-order valence-corrected chi connectivity index (χ2v) is 10.2. The van der Waals surface area contributed by atoms with Gasteiger partial charge in [-0.25, -0.2) is 22.2 Å². The molecule has 8 nitrogen and oxygen atoms in total. The van der Waals surface area contributed by atoms with Gasteiger partial charge < -0.3 is 19.3 Å². The molecule has 5 rings (SSSR count). The highest BCUT2D eigenvalue weighted by atomic mass is 79.9. The fourth-order valence-electron chi connectivity index (χ4n) is 4.26. The van der Waals surface area contributed by atoms with Crippen molar-refractivity contribution in [1.82, 2.24) is 20.0 Å². The molecule has 0 aliphatic carbocycles. The van der Waals surface area contributed by atoms with Gasteiger partial charge >= 0.3 is 0 Å². The summed E-state index contributed by atoms with van der Waals surface area (Å²) in [6.45, 7) is -1.00. The van der Waals surface area contributed by atoms with Crippen molar-refractivity contribution in [3.8, 4) is 11.3 Å². The summed E-state index contributed by atoms with van der Waals surface area (Å²) < 4.78 is 74.1. The lowest BCUT2D eigenvalue weighted by atomic mass is 9.95. The molecule has 192 valence electrons. The highest BCUT2D eigenvalue weighted by Gasteiger charge is 2.54. The molecular formula is C22H19BrF4N4O4S. The van der Waals surface area contributed by atoms with Crippen molar-refractivity contribution < 1.29 is 36.9 Å². The minimum absolute atomic E-state index is 0.00652. The number of hydrogen-bond donors (Lipinski definition) is 1. The molecule has 2 saturated heterocycles. The van der Waals surface area contributed by atoms with E-state index in [1.165, 1.54) is 22.6 Å². The Hall–Kier alpha value is -2.10. The predicted molar refractivity (Wildman–Crippen MR) is 122 cm³/mol. The highest BCUT2D eigenvalue weighted by Crippen LogP contribution is 2.44. The van der Waals surface area contributed by atoms with Crippen LogP contribution in [0.2, 0.25) is 0 Å². The number of ether oxygens (including phenoxy) is 3. The van der Waals surface area contributed by atoms with Crippen LogP contribution >= 0.6 is 27.7 Å². The average molecular weight is 591 g/mol. The van der Waals surface area contributed by atoms with Crippen LogP contribution in [0.5, 0.6) is 0 Å². The molecule has 2 fully saturated rings. The van der Waals surface area contributed by atoms with Crippen molar-refractivity contribution in [2.75, 3.05) is 19.9 Å². The van der Waals surface area contributed by atoms with Gasteiger partial charge in [0.2, 0.25) is 0 Å². The molecule has 3 aromatic rings. The number of aliphatic hydroxyl groups is 1. The molecule has 0 radical (unpaired) electrons. The zero-order valence-electron chi connectivity index (χ0n) is 18.3. The van der Waals surface area contributed by atoms with Gasteiger partial charge in [0.1, 0.15) is 48.3 Å². The van der Waals surface area contributed by atoms with Gasteiger partial charge in [-0.05, 0) is 34.1 Å². The normalized spacial score (nSPS) is 27.8. The largest absolute Gasteiger partial charge is 0.388 e. The van der Waals surface area contributed by atoms with Crippen LogP contribution in [0.4, 0.5) is 17.6 Å². The van der Waals surface area contributed by atoms with Gasteiger partial charge in [-0.3, -0.25) is 4.98 Å². The van der Waals surface area contributed by atoms with Crippen LogP contribution in [0.3, 0.4) is 0 Å². The van der Waals surface area contributed by atoms with Crippen LogP contribution in [0.25, 0.3) is 11.3 Å². The number of halogens is 5. The number of aromatic nitrogens is 4. The average Bonchev–Trinajstić information content (AvgIpc) is 3.48. The van der Waals surface area contributed by atoms with Crippen LogP contribution in [0, 0.1) is 17.5 Å². The molecule has 6 atom stereocenters. The Bertz CT molecular complexity index is 1220. The molecule has 1 aromatic carbocycles. The smallest absolute Gasteiger partial charge is 0.194 e. The number of fused-ring (bicyclic) bond motifs is 1. The van der Waals surface area contributed by atoms with Gasteiger partial charge in [0, 0.05) is 27.3 Å². The molecule has 14 heteroatoms. The fraction of sp³-hybridized carbons (Fsp3) is 0.409. The summed E-state index contributed by atoms with van der Waals surface area (Å²) in [5, 5.41) is 18.6. The Morgan fingerprint density at radius 1 is 1.17 bits per heavy atom. The third-order valence-electron chi connectivity index (χ3n) is 5.81. The number of hydrogen-bond acceptors (Lipinski definition) is 8. The molecule has 1 N–H and O–H groups in total. The number of alkyl halides is 1. The summed E-state index contributed by atoms with van der Waals surface area (Å²) in [7, 11) is 0. The zero-order chi connectivity index (χ0) is 25.4. The van der Waals surface area contributed by atoms with Crippen LogP contribution in [-0.2, 0) is 14.2 Å². The van der Waals surface area contributed by atoms with E-state index in [0.717, 1.165) is 21.5 Å². The summed E-state index contributed by atoms with van der Waals surface area (Å²) in [5.41, 5.74) is -0.691. The van der Waals surface area contributed by atoms with E-state index in [0.29, 0.717) is 0 Å². The number of rotatable bonds is 7. The van der Waals surface area contributed by atoms with Gasteiger partial charge in [0.25, 0.3) is 0 Å². The molecule has 4 unspecified atom stereocenters. The van der Waals surface area contributed by atoms with Crippen LogP contribution in [-0.4, -0.2) is 74.8 Å². The number of pyridine rings is 1. The maximum atomic E-state index is 13.8. The van der Waals surface area contributed by atoms with Crippen molar-refractivity contribution in [2.24, 2.45) is 0 Å². The lowest BCUT2D eigenvalue weighted by molar-refractivity contribution is -0.178. The SMILES string of the molecule is OC1CO[C@H]2C1O[C@H](Sc1cncc(Br)c1)C(OCCF)C2n1cc(-c2cc(F)c(F)c(F)c2)nn1. The number of benzene rings is 1. The molecule has 36 heavy (non-hydrogen) atoms. The van der Waals surface area contributed by atoms with Crippen molar-refractivity contribution in [3.05, 3.63) is 58.7 Å². The summed E-state index contributed by atoms with van der Waals surface area (Å²) in [6.07, 6.45) is 1.39. The molecule has 0 saturated carbocycles. The standard InChI is InChI=1S/C22H19BrF4N4O4S/c23-11-5-12(7-28-6-11)36-22-21(33-2-1-24)18(20-19(35-22)16(32)9-34-20)31-8-15(29-30-31)10-3-13(25)17(27)14(26)4-10/h3-8,16,18-22,32H,1-2,9H2/t16?,18?,19?,20-,21?,22-/m1/s1. The highest BCUT2D eigenvalue weighted by molar-refractivity contribution is 9.10. The van der Waals surface area contributed by atoms with Crippen LogP contribution < -0.4 is 0 Å². The molecule has 0 spiro atoms. The van der Waals surface area contributed by atoms with Gasteiger partial charge in [0.15, 0.2) is 17.5 Å². The quantitative estimate of drug-likeness (QED) is 0.329. The first-order valence-corrected chi connectivity index (χ1v) is 12.5. The maximum absolute atomic E-state index is 13.8. The molecule has 2 aliphatic rings. The molecule has 4 heterocycles. The van der Waals surface area contributed by atoms with E-state index in [-0.39, 0.29) is 24.5 Å². The minimum Gasteiger partial charge on any atom is -0.388 e. The van der Waals surface area contributed by atoms with Crippen LogP contribution in [0.1, 0.15) is 6.04 Å². The number of aliphatic hydroxyl groups excluding tert-OH is 1. The van der Waals surface area contributed by atoms with Crippen LogP contribution in [0.15, 0.2) is 46.2 Å². The second-order valence-electron chi connectivity index (χ2n) is 8.14. The summed E-state index contributed by atoms with van der Waals surface area (Å²) in [4.78, 5) is 4.87. The van der Waals surface area contributed by atoms with E-state index in [2.05, 4.69) is 31.2 Å². The van der Waals surface area contributed by atoms with E-state index in [4.69, 9.17) is 14.2 Å². The molecule has 0 amide bonds. The zero-order valence-corrected chi connectivity index (χ0v) is 20.7.